The Morgan fingerprint density at radius 1 is 1.10 bits per heavy atom. The molecule has 0 aliphatic rings. The predicted molar refractivity (Wildman–Crippen MR) is 79.8 cm³/mol. The van der Waals surface area contributed by atoms with E-state index in [2.05, 4.69) is 5.32 Å². The zero-order valence-corrected chi connectivity index (χ0v) is 13.2. The van der Waals surface area contributed by atoms with Gasteiger partial charge in [0.1, 0.15) is 17.7 Å². The zero-order chi connectivity index (χ0) is 16.0. The third-order valence-corrected chi connectivity index (χ3v) is 2.65. The lowest BCUT2D eigenvalue weighted by Crippen LogP contribution is -2.42. The Bertz CT molecular complexity index is 479. The van der Waals surface area contributed by atoms with Crippen LogP contribution >= 0.6 is 0 Å². The molecule has 0 aliphatic heterocycles. The molecule has 0 aliphatic carbocycles. The Kier molecular flexibility index (Phi) is 5.76. The van der Waals surface area contributed by atoms with Crippen LogP contribution in [-0.2, 0) is 14.3 Å². The van der Waals surface area contributed by atoms with Gasteiger partial charge in [-0.1, -0.05) is 30.3 Å². The van der Waals surface area contributed by atoms with Crippen LogP contribution in [-0.4, -0.2) is 23.7 Å². The van der Waals surface area contributed by atoms with Crippen molar-refractivity contribution in [3.63, 3.8) is 0 Å². The number of carbonyl (C=O) groups is 2. The van der Waals surface area contributed by atoms with Crippen molar-refractivity contribution < 1.29 is 19.1 Å². The highest BCUT2D eigenvalue weighted by Crippen LogP contribution is 2.16. The summed E-state index contributed by atoms with van der Waals surface area (Å²) >= 11 is 0. The number of esters is 1. The van der Waals surface area contributed by atoms with Crippen LogP contribution in [0.3, 0.4) is 0 Å². The van der Waals surface area contributed by atoms with Crippen molar-refractivity contribution in [2.45, 2.75) is 52.4 Å². The van der Waals surface area contributed by atoms with E-state index in [0.29, 0.717) is 0 Å². The number of benzene rings is 1. The second kappa shape index (κ2) is 7.11. The van der Waals surface area contributed by atoms with Crippen LogP contribution in [0, 0.1) is 0 Å². The van der Waals surface area contributed by atoms with E-state index in [1.165, 1.54) is 0 Å². The average molecular weight is 293 g/mol. The summed E-state index contributed by atoms with van der Waals surface area (Å²) in [5, 5.41) is 2.46. The molecule has 0 saturated carbocycles. The molecule has 0 unspecified atom stereocenters. The molecule has 1 aromatic rings. The molecule has 116 valence electrons. The summed E-state index contributed by atoms with van der Waals surface area (Å²) in [5.74, 6) is -0.503. The maximum atomic E-state index is 11.9. The highest BCUT2D eigenvalue weighted by atomic mass is 16.6. The first kappa shape index (κ1) is 17.0. The molecule has 5 heteroatoms. The van der Waals surface area contributed by atoms with Gasteiger partial charge in [-0.3, -0.25) is 0 Å². The van der Waals surface area contributed by atoms with Gasteiger partial charge >= 0.3 is 12.1 Å². The van der Waals surface area contributed by atoms with E-state index in [1.54, 1.807) is 34.6 Å². The van der Waals surface area contributed by atoms with Gasteiger partial charge in [-0.15, -0.1) is 0 Å². The van der Waals surface area contributed by atoms with Crippen molar-refractivity contribution >= 4 is 12.1 Å². The van der Waals surface area contributed by atoms with Gasteiger partial charge < -0.3 is 14.8 Å². The molecule has 1 aromatic carbocycles. The summed E-state index contributed by atoms with van der Waals surface area (Å²) in [5.41, 5.74) is 0.292. The number of hydrogen-bond acceptors (Lipinski definition) is 4. The molecular weight excluding hydrogens is 270 g/mol. The second-order valence-corrected chi connectivity index (χ2v) is 5.86. The van der Waals surface area contributed by atoms with E-state index in [1.807, 2.05) is 30.3 Å². The fourth-order valence-electron chi connectivity index (χ4n) is 1.61. The maximum absolute atomic E-state index is 11.9. The van der Waals surface area contributed by atoms with Gasteiger partial charge in [-0.05, 0) is 40.2 Å². The van der Waals surface area contributed by atoms with Crippen LogP contribution in [0.15, 0.2) is 30.3 Å². The molecule has 0 spiro atoms. The summed E-state index contributed by atoms with van der Waals surface area (Å²) in [6, 6.07) is 8.63. The lowest BCUT2D eigenvalue weighted by Gasteiger charge is -2.22. The van der Waals surface area contributed by atoms with Gasteiger partial charge in [-0.2, -0.15) is 0 Å². The van der Waals surface area contributed by atoms with Crippen LogP contribution in [0.2, 0.25) is 0 Å². The largest absolute Gasteiger partial charge is 0.456 e. The normalized spacial score (nSPS) is 14.0. The van der Waals surface area contributed by atoms with Gasteiger partial charge in [0, 0.05) is 0 Å². The molecule has 1 N–H and O–H groups in total. The SMILES string of the molecule is C[C@H](NC(=O)OC(C)(C)C)C(=O)O[C@@H](C)c1ccccc1. The van der Waals surface area contributed by atoms with Gasteiger partial charge in [0.15, 0.2) is 0 Å². The highest BCUT2D eigenvalue weighted by molar-refractivity contribution is 5.81. The summed E-state index contributed by atoms with van der Waals surface area (Å²) in [6.45, 7) is 8.62. The number of alkyl carbamates (subject to hydrolysis) is 1. The van der Waals surface area contributed by atoms with E-state index in [4.69, 9.17) is 9.47 Å². The van der Waals surface area contributed by atoms with E-state index in [9.17, 15) is 9.59 Å². The number of amides is 1. The zero-order valence-electron chi connectivity index (χ0n) is 13.2. The summed E-state index contributed by atoms with van der Waals surface area (Å²) in [4.78, 5) is 23.5. The molecule has 2 atom stereocenters. The quantitative estimate of drug-likeness (QED) is 0.866. The van der Waals surface area contributed by atoms with E-state index < -0.39 is 23.7 Å². The standard InChI is InChI=1S/C16H23NO4/c1-11(17-15(19)21-16(3,4)5)14(18)20-12(2)13-9-7-6-8-10-13/h6-12H,1-5H3,(H,17,19)/t11-,12-/m0/s1. The van der Waals surface area contributed by atoms with Gasteiger partial charge in [0.25, 0.3) is 0 Å². The minimum atomic E-state index is -0.772. The van der Waals surface area contributed by atoms with Crippen molar-refractivity contribution in [3.05, 3.63) is 35.9 Å². The van der Waals surface area contributed by atoms with Crippen molar-refractivity contribution in [2.75, 3.05) is 0 Å². The van der Waals surface area contributed by atoms with Crippen LogP contribution in [0.25, 0.3) is 0 Å². The number of nitrogens with one attached hydrogen (secondary N) is 1. The van der Waals surface area contributed by atoms with Crippen LogP contribution in [0.5, 0.6) is 0 Å². The van der Waals surface area contributed by atoms with Gasteiger partial charge in [0.2, 0.25) is 0 Å². The smallest absolute Gasteiger partial charge is 0.408 e. The Hall–Kier alpha value is -2.04. The van der Waals surface area contributed by atoms with Gasteiger partial charge in [-0.25, -0.2) is 9.59 Å². The van der Waals surface area contributed by atoms with Crippen molar-refractivity contribution in [3.8, 4) is 0 Å². The summed E-state index contributed by atoms with van der Waals surface area (Å²) < 4.78 is 10.4. The van der Waals surface area contributed by atoms with Crippen LogP contribution < -0.4 is 5.32 Å². The van der Waals surface area contributed by atoms with Crippen LogP contribution in [0.4, 0.5) is 4.79 Å². The summed E-state index contributed by atoms with van der Waals surface area (Å²) in [6.07, 6.45) is -1.01. The lowest BCUT2D eigenvalue weighted by atomic mass is 10.1. The van der Waals surface area contributed by atoms with E-state index >= 15 is 0 Å². The van der Waals surface area contributed by atoms with Crippen molar-refractivity contribution in [1.29, 1.82) is 0 Å². The van der Waals surface area contributed by atoms with Crippen molar-refractivity contribution in [2.24, 2.45) is 0 Å². The molecule has 21 heavy (non-hydrogen) atoms. The first-order chi connectivity index (χ1) is 9.69. The van der Waals surface area contributed by atoms with Crippen LogP contribution in [0.1, 0.15) is 46.3 Å². The monoisotopic (exact) mass is 293 g/mol. The second-order valence-electron chi connectivity index (χ2n) is 5.86. The third-order valence-electron chi connectivity index (χ3n) is 2.65. The first-order valence-corrected chi connectivity index (χ1v) is 6.94. The highest BCUT2D eigenvalue weighted by Gasteiger charge is 2.23. The molecule has 0 heterocycles. The fourth-order valence-corrected chi connectivity index (χ4v) is 1.61. The molecule has 0 aromatic heterocycles. The van der Waals surface area contributed by atoms with Gasteiger partial charge in [0.05, 0.1) is 0 Å². The molecular formula is C16H23NO4. The summed E-state index contributed by atoms with van der Waals surface area (Å²) in [7, 11) is 0. The Labute approximate surface area is 125 Å². The Morgan fingerprint density at radius 2 is 1.67 bits per heavy atom. The molecule has 5 nitrogen and oxygen atoms in total. The molecule has 0 bridgehead atoms. The molecule has 0 fully saturated rings. The maximum Gasteiger partial charge on any atom is 0.408 e. The number of hydrogen-bond donors (Lipinski definition) is 1. The first-order valence-electron chi connectivity index (χ1n) is 6.94. The third kappa shape index (κ3) is 6.29. The number of ether oxygens (including phenoxy) is 2. The predicted octanol–water partition coefficient (Wildman–Crippen LogP) is 3.20. The Morgan fingerprint density at radius 3 is 2.19 bits per heavy atom. The lowest BCUT2D eigenvalue weighted by molar-refractivity contribution is -0.150. The molecule has 1 amide bonds. The van der Waals surface area contributed by atoms with Crippen molar-refractivity contribution in [1.82, 2.24) is 5.32 Å². The number of carbonyl (C=O) groups excluding carboxylic acids is 2. The van der Waals surface area contributed by atoms with E-state index in [0.717, 1.165) is 5.56 Å². The minimum absolute atomic E-state index is 0.374. The topological polar surface area (TPSA) is 64.6 Å². The Balaban J connectivity index is 2.50. The number of rotatable bonds is 4. The molecule has 0 radical (unpaired) electrons. The molecule has 1 rings (SSSR count). The minimum Gasteiger partial charge on any atom is -0.456 e. The molecule has 0 saturated heterocycles. The van der Waals surface area contributed by atoms with E-state index in [-0.39, 0.29) is 6.10 Å². The average Bonchev–Trinajstić information content (AvgIpc) is 2.37. The fraction of sp³-hybridized carbons (Fsp3) is 0.500.